The molecule has 1 aromatic carbocycles. The zero-order valence-corrected chi connectivity index (χ0v) is 22.1. The second kappa shape index (κ2) is 9.10. The van der Waals surface area contributed by atoms with Gasteiger partial charge in [-0.3, -0.25) is 14.4 Å². The van der Waals surface area contributed by atoms with Gasteiger partial charge in [0.2, 0.25) is 5.91 Å². The number of amides is 2. The molecule has 8 heteroatoms. The van der Waals surface area contributed by atoms with Crippen LogP contribution in [0.2, 0.25) is 0 Å². The summed E-state index contributed by atoms with van der Waals surface area (Å²) < 4.78 is 12.2. The maximum atomic E-state index is 14.6. The quantitative estimate of drug-likeness (QED) is 0.485. The van der Waals surface area contributed by atoms with Crippen molar-refractivity contribution in [3.63, 3.8) is 0 Å². The number of anilines is 1. The van der Waals surface area contributed by atoms with Crippen LogP contribution in [0.15, 0.2) is 42.5 Å². The number of likely N-dealkylation sites (tertiary alicyclic amines) is 1. The van der Waals surface area contributed by atoms with Gasteiger partial charge in [-0.2, -0.15) is 0 Å². The highest BCUT2D eigenvalue weighted by Gasteiger charge is 2.75. The van der Waals surface area contributed by atoms with Crippen molar-refractivity contribution in [2.75, 3.05) is 24.7 Å². The summed E-state index contributed by atoms with van der Waals surface area (Å²) in [6, 6.07) is 4.22. The number of aryl methyl sites for hydroxylation is 2. The van der Waals surface area contributed by atoms with Crippen LogP contribution in [0, 0.1) is 31.6 Å². The van der Waals surface area contributed by atoms with Gasteiger partial charge in [0, 0.05) is 12.2 Å². The molecule has 8 nitrogen and oxygen atoms in total. The first-order valence-corrected chi connectivity index (χ1v) is 13.1. The van der Waals surface area contributed by atoms with Crippen LogP contribution in [0.4, 0.5) is 5.69 Å². The Morgan fingerprint density at radius 2 is 1.78 bits per heavy atom. The number of para-hydroxylation sites is 1. The average Bonchev–Trinajstić information content (AvgIpc) is 3.11. The summed E-state index contributed by atoms with van der Waals surface area (Å²) in [5, 5.41) is 10.5. The van der Waals surface area contributed by atoms with E-state index in [0.29, 0.717) is 13.0 Å². The van der Waals surface area contributed by atoms with E-state index in [1.807, 2.05) is 58.0 Å². The fraction of sp³-hybridized carbons (Fsp3) is 0.552. The molecule has 0 radical (unpaired) electrons. The second-order valence-electron chi connectivity index (χ2n) is 11.0. The molecule has 4 aliphatic heterocycles. The number of cyclic esters (lactones) is 1. The van der Waals surface area contributed by atoms with Gasteiger partial charge in [-0.1, -0.05) is 56.7 Å². The molecule has 0 saturated carbocycles. The number of nitrogens with zero attached hydrogens (tertiary/aromatic N) is 2. The van der Waals surface area contributed by atoms with E-state index in [1.54, 1.807) is 24.0 Å². The number of hydrogen-bond acceptors (Lipinski definition) is 6. The molecule has 1 aromatic rings. The molecule has 0 aliphatic carbocycles. The first-order chi connectivity index (χ1) is 17.6. The Balaban J connectivity index is 1.72. The number of hydrogen-bond donors (Lipinski definition) is 1. The Labute approximate surface area is 217 Å². The van der Waals surface area contributed by atoms with E-state index in [1.165, 1.54) is 4.90 Å². The summed E-state index contributed by atoms with van der Waals surface area (Å²) >= 11 is 0. The van der Waals surface area contributed by atoms with Gasteiger partial charge in [-0.05, 0) is 43.9 Å². The van der Waals surface area contributed by atoms with Gasteiger partial charge in [0.1, 0.15) is 24.2 Å². The van der Waals surface area contributed by atoms with E-state index in [9.17, 15) is 19.5 Å². The zero-order valence-electron chi connectivity index (χ0n) is 22.1. The van der Waals surface area contributed by atoms with E-state index in [-0.39, 0.29) is 30.9 Å². The molecule has 7 atom stereocenters. The largest absolute Gasteiger partial charge is 0.461 e. The summed E-state index contributed by atoms with van der Waals surface area (Å²) in [6.45, 7) is 9.77. The van der Waals surface area contributed by atoms with E-state index < -0.39 is 41.1 Å². The molecule has 2 amide bonds. The summed E-state index contributed by atoms with van der Waals surface area (Å²) in [5.41, 5.74) is 0.206. The van der Waals surface area contributed by atoms with E-state index in [4.69, 9.17) is 9.47 Å². The number of esters is 1. The van der Waals surface area contributed by atoms with Crippen LogP contribution >= 0.6 is 0 Å². The van der Waals surface area contributed by atoms with Crippen LogP contribution in [0.25, 0.3) is 0 Å². The number of ether oxygens (including phenoxy) is 2. The Morgan fingerprint density at radius 1 is 1.08 bits per heavy atom. The minimum absolute atomic E-state index is 0.0779. The van der Waals surface area contributed by atoms with Gasteiger partial charge < -0.3 is 24.4 Å². The van der Waals surface area contributed by atoms with Crippen LogP contribution in [0.5, 0.6) is 0 Å². The molecule has 1 unspecified atom stereocenters. The normalized spacial score (nSPS) is 34.4. The van der Waals surface area contributed by atoms with E-state index >= 15 is 0 Å². The Kier molecular flexibility index (Phi) is 6.31. The van der Waals surface area contributed by atoms with Crippen molar-refractivity contribution < 1.29 is 29.0 Å². The third-order valence-corrected chi connectivity index (χ3v) is 8.81. The van der Waals surface area contributed by atoms with Gasteiger partial charge in [-0.25, -0.2) is 0 Å². The van der Waals surface area contributed by atoms with Crippen LogP contribution in [-0.4, -0.2) is 70.8 Å². The van der Waals surface area contributed by atoms with Gasteiger partial charge >= 0.3 is 5.97 Å². The number of aliphatic hydroxyl groups excluding tert-OH is 1. The summed E-state index contributed by atoms with van der Waals surface area (Å²) in [5.74, 6) is -3.08. The lowest BCUT2D eigenvalue weighted by Crippen LogP contribution is -2.60. The molecule has 1 spiro atoms. The van der Waals surface area contributed by atoms with Crippen molar-refractivity contribution in [2.24, 2.45) is 17.8 Å². The maximum Gasteiger partial charge on any atom is 0.313 e. The highest BCUT2D eigenvalue weighted by molar-refractivity contribution is 6.06. The average molecular weight is 509 g/mol. The van der Waals surface area contributed by atoms with Gasteiger partial charge in [0.05, 0.1) is 24.2 Å². The third-order valence-electron chi connectivity index (χ3n) is 8.81. The lowest BCUT2D eigenvalue weighted by Gasteiger charge is -2.41. The Morgan fingerprint density at radius 3 is 2.43 bits per heavy atom. The van der Waals surface area contributed by atoms with Crippen LogP contribution < -0.4 is 4.90 Å². The van der Waals surface area contributed by atoms with Gasteiger partial charge in [0.25, 0.3) is 5.91 Å². The van der Waals surface area contributed by atoms with E-state index in [0.717, 1.165) is 16.8 Å². The SMILES string of the molecule is CC[C@H](C)[C@H](CO)N1C(=O)[C@@H]2[C@H]3C(=O)OCC=C[C@@]3(C)O[C@@]23C=CCN(c2c(C)cccc2C)C(=O)C13. The minimum atomic E-state index is -1.37. The number of fused-ring (bicyclic) bond motifs is 2. The topological polar surface area (TPSA) is 96.4 Å². The fourth-order valence-electron chi connectivity index (χ4n) is 6.90. The Bertz CT molecular complexity index is 1170. The molecule has 0 aromatic heterocycles. The molecule has 4 heterocycles. The summed E-state index contributed by atoms with van der Waals surface area (Å²) in [4.78, 5) is 45.5. The molecule has 4 aliphatic rings. The number of carbonyl (C=O) groups excluding carboxylic acids is 3. The predicted molar refractivity (Wildman–Crippen MR) is 138 cm³/mol. The third kappa shape index (κ3) is 3.60. The lowest BCUT2D eigenvalue weighted by molar-refractivity contribution is -0.158. The van der Waals surface area contributed by atoms with Crippen molar-refractivity contribution in [1.29, 1.82) is 0 Å². The van der Waals surface area contributed by atoms with Crippen LogP contribution in [-0.2, 0) is 23.9 Å². The smallest absolute Gasteiger partial charge is 0.313 e. The monoisotopic (exact) mass is 508 g/mol. The van der Waals surface area contributed by atoms with Crippen molar-refractivity contribution in [3.8, 4) is 0 Å². The maximum absolute atomic E-state index is 14.6. The molecule has 198 valence electrons. The molecule has 37 heavy (non-hydrogen) atoms. The minimum Gasteiger partial charge on any atom is -0.461 e. The molecule has 5 rings (SSSR count). The first kappa shape index (κ1) is 25.7. The standard InChI is InChI=1S/C29H36N2O6/c1-6-17(2)20(16-32)31-24-26(34)30(23-18(3)10-7-11-19(23)4)14-8-13-29(24)21(25(31)33)22-27(35)36-15-9-12-28(22,5)37-29/h7-13,17,20-22,24,32H,6,14-16H2,1-5H3/t17-,20-,21-,22-,24?,28+,29-/m0/s1. The van der Waals surface area contributed by atoms with Crippen molar-refractivity contribution in [3.05, 3.63) is 53.6 Å². The van der Waals surface area contributed by atoms with Crippen LogP contribution in [0.3, 0.4) is 0 Å². The second-order valence-corrected chi connectivity index (χ2v) is 11.0. The fourth-order valence-corrected chi connectivity index (χ4v) is 6.90. The number of rotatable bonds is 5. The highest BCUT2D eigenvalue weighted by atomic mass is 16.6. The zero-order chi connectivity index (χ0) is 26.7. The summed E-state index contributed by atoms with van der Waals surface area (Å²) in [6.07, 6.45) is 7.91. The van der Waals surface area contributed by atoms with Gasteiger partial charge in [0.15, 0.2) is 0 Å². The first-order valence-electron chi connectivity index (χ1n) is 13.1. The van der Waals surface area contributed by atoms with Gasteiger partial charge in [-0.15, -0.1) is 0 Å². The van der Waals surface area contributed by atoms with Crippen molar-refractivity contribution in [2.45, 2.75) is 64.3 Å². The highest BCUT2D eigenvalue weighted by Crippen LogP contribution is 2.58. The van der Waals surface area contributed by atoms with Crippen LogP contribution in [0.1, 0.15) is 38.3 Å². The molecule has 0 bridgehead atoms. The Hall–Kier alpha value is -2.97. The molecule has 2 fully saturated rings. The molecule has 1 N–H and O–H groups in total. The molecular formula is C29H36N2O6. The van der Waals surface area contributed by atoms with Crippen molar-refractivity contribution in [1.82, 2.24) is 4.90 Å². The summed E-state index contributed by atoms with van der Waals surface area (Å²) in [7, 11) is 0. The molecular weight excluding hydrogens is 472 g/mol. The number of benzene rings is 1. The van der Waals surface area contributed by atoms with Crippen molar-refractivity contribution >= 4 is 23.5 Å². The predicted octanol–water partition coefficient (Wildman–Crippen LogP) is 2.70. The molecule has 2 saturated heterocycles. The van der Waals surface area contributed by atoms with E-state index in [2.05, 4.69) is 0 Å². The number of carbonyl (C=O) groups is 3. The number of aliphatic hydroxyl groups is 1. The lowest BCUT2D eigenvalue weighted by atomic mass is 9.75.